The molecule has 0 atom stereocenters. The summed E-state index contributed by atoms with van der Waals surface area (Å²) in [4.78, 5) is 24.9. The molecule has 1 N–H and O–H groups in total. The van der Waals surface area contributed by atoms with Crippen LogP contribution in [-0.4, -0.2) is 37.4 Å². The van der Waals surface area contributed by atoms with Gasteiger partial charge in [-0.3, -0.25) is 9.59 Å². The van der Waals surface area contributed by atoms with Gasteiger partial charge in [0, 0.05) is 25.3 Å². The summed E-state index contributed by atoms with van der Waals surface area (Å²) in [5.74, 6) is 0.298. The van der Waals surface area contributed by atoms with Gasteiger partial charge in [-0.05, 0) is 36.4 Å². The maximum absolute atomic E-state index is 12.0. The summed E-state index contributed by atoms with van der Waals surface area (Å²) in [6, 6.07) is 15.9. The predicted octanol–water partition coefficient (Wildman–Crippen LogP) is 2.41. The number of hydrogen-bond acceptors (Lipinski definition) is 3. The van der Waals surface area contributed by atoms with Gasteiger partial charge in [0.15, 0.2) is 6.61 Å². The molecule has 0 radical (unpaired) electrons. The van der Waals surface area contributed by atoms with Crippen LogP contribution < -0.4 is 10.1 Å². The lowest BCUT2D eigenvalue weighted by molar-refractivity contribution is -0.130. The minimum Gasteiger partial charge on any atom is -0.484 e. The summed E-state index contributed by atoms with van der Waals surface area (Å²) >= 11 is 0. The highest BCUT2D eigenvalue weighted by Crippen LogP contribution is 2.16. The van der Waals surface area contributed by atoms with E-state index >= 15 is 0 Å². The number of benzene rings is 2. The SMILES string of the molecule is CN(C)C(=O)COc1ccc(NC(=O)c2ccccc2)cc1. The summed E-state index contributed by atoms with van der Waals surface area (Å²) in [5, 5.41) is 2.80. The third kappa shape index (κ3) is 4.34. The quantitative estimate of drug-likeness (QED) is 0.922. The van der Waals surface area contributed by atoms with Gasteiger partial charge >= 0.3 is 0 Å². The van der Waals surface area contributed by atoms with Crippen molar-refractivity contribution in [3.05, 3.63) is 60.2 Å². The Balaban J connectivity index is 1.92. The number of anilines is 1. The fourth-order valence-electron chi connectivity index (χ4n) is 1.70. The second kappa shape index (κ2) is 7.26. The van der Waals surface area contributed by atoms with E-state index in [0.717, 1.165) is 0 Å². The molecule has 0 fully saturated rings. The van der Waals surface area contributed by atoms with Gasteiger partial charge in [-0.25, -0.2) is 0 Å². The molecule has 5 nitrogen and oxygen atoms in total. The number of amides is 2. The maximum Gasteiger partial charge on any atom is 0.259 e. The van der Waals surface area contributed by atoms with E-state index in [1.165, 1.54) is 4.90 Å². The summed E-state index contributed by atoms with van der Waals surface area (Å²) in [6.07, 6.45) is 0. The van der Waals surface area contributed by atoms with Gasteiger partial charge in [0.05, 0.1) is 0 Å². The summed E-state index contributed by atoms with van der Waals surface area (Å²) in [7, 11) is 3.35. The topological polar surface area (TPSA) is 58.6 Å². The van der Waals surface area contributed by atoms with Gasteiger partial charge in [0.2, 0.25) is 0 Å². The van der Waals surface area contributed by atoms with E-state index in [1.54, 1.807) is 50.5 Å². The molecule has 0 bridgehead atoms. The first-order valence-corrected chi connectivity index (χ1v) is 6.85. The van der Waals surface area contributed by atoms with Crippen LogP contribution in [-0.2, 0) is 4.79 Å². The molecule has 0 aliphatic heterocycles. The van der Waals surface area contributed by atoms with E-state index < -0.39 is 0 Å². The Hall–Kier alpha value is -2.82. The van der Waals surface area contributed by atoms with Crippen molar-refractivity contribution in [1.29, 1.82) is 0 Å². The van der Waals surface area contributed by atoms with Crippen molar-refractivity contribution < 1.29 is 14.3 Å². The number of nitrogens with zero attached hydrogens (tertiary/aromatic N) is 1. The number of nitrogens with one attached hydrogen (secondary N) is 1. The highest BCUT2D eigenvalue weighted by molar-refractivity contribution is 6.04. The molecule has 5 heteroatoms. The monoisotopic (exact) mass is 298 g/mol. The first-order valence-electron chi connectivity index (χ1n) is 6.85. The van der Waals surface area contributed by atoms with Crippen LogP contribution in [0.2, 0.25) is 0 Å². The van der Waals surface area contributed by atoms with Crippen molar-refractivity contribution in [1.82, 2.24) is 4.90 Å². The second-order valence-electron chi connectivity index (χ2n) is 4.92. The smallest absolute Gasteiger partial charge is 0.259 e. The van der Waals surface area contributed by atoms with Crippen molar-refractivity contribution in [2.24, 2.45) is 0 Å². The van der Waals surface area contributed by atoms with Crippen LogP contribution in [0, 0.1) is 0 Å². The molecule has 2 rings (SSSR count). The number of carbonyl (C=O) groups is 2. The van der Waals surface area contributed by atoms with Gasteiger partial charge in [-0.2, -0.15) is 0 Å². The van der Waals surface area contributed by atoms with Gasteiger partial charge in [0.25, 0.3) is 11.8 Å². The van der Waals surface area contributed by atoms with E-state index in [9.17, 15) is 9.59 Å². The second-order valence-corrected chi connectivity index (χ2v) is 4.92. The molecule has 0 spiro atoms. The van der Waals surface area contributed by atoms with E-state index in [0.29, 0.717) is 17.0 Å². The summed E-state index contributed by atoms with van der Waals surface area (Å²) in [6.45, 7) is -0.0112. The molecule has 2 aromatic rings. The molecule has 0 saturated heterocycles. The molecule has 0 saturated carbocycles. The molecular formula is C17H18N2O3. The standard InChI is InChI=1S/C17H18N2O3/c1-19(2)16(20)12-22-15-10-8-14(9-11-15)18-17(21)13-6-4-3-5-7-13/h3-11H,12H2,1-2H3,(H,18,21). The molecule has 2 aromatic carbocycles. The number of rotatable bonds is 5. The fourth-order valence-corrected chi connectivity index (χ4v) is 1.70. The van der Waals surface area contributed by atoms with Crippen LogP contribution >= 0.6 is 0 Å². The zero-order valence-corrected chi connectivity index (χ0v) is 12.6. The van der Waals surface area contributed by atoms with Crippen LogP contribution in [0.1, 0.15) is 10.4 Å². The molecule has 0 unspecified atom stereocenters. The molecule has 0 aromatic heterocycles. The van der Waals surface area contributed by atoms with Crippen molar-refractivity contribution in [2.45, 2.75) is 0 Å². The van der Waals surface area contributed by atoms with Gasteiger partial charge < -0.3 is 15.0 Å². The lowest BCUT2D eigenvalue weighted by Gasteiger charge is -2.11. The van der Waals surface area contributed by atoms with Crippen molar-refractivity contribution in [3.63, 3.8) is 0 Å². The van der Waals surface area contributed by atoms with Crippen LogP contribution in [0.15, 0.2) is 54.6 Å². The minimum absolute atomic E-state index is 0.0112. The third-order valence-corrected chi connectivity index (χ3v) is 3.01. The molecule has 0 aliphatic carbocycles. The van der Waals surface area contributed by atoms with Crippen LogP contribution in [0.3, 0.4) is 0 Å². The summed E-state index contributed by atoms with van der Waals surface area (Å²) < 4.78 is 5.37. The number of ether oxygens (including phenoxy) is 1. The Labute approximate surface area is 129 Å². The molecule has 22 heavy (non-hydrogen) atoms. The van der Waals surface area contributed by atoms with Gasteiger partial charge in [-0.15, -0.1) is 0 Å². The largest absolute Gasteiger partial charge is 0.484 e. The van der Waals surface area contributed by atoms with E-state index in [2.05, 4.69) is 5.32 Å². The van der Waals surface area contributed by atoms with E-state index in [1.807, 2.05) is 18.2 Å². The normalized spacial score (nSPS) is 9.91. The first-order chi connectivity index (χ1) is 10.6. The average Bonchev–Trinajstić information content (AvgIpc) is 2.54. The Morgan fingerprint density at radius 2 is 1.64 bits per heavy atom. The lowest BCUT2D eigenvalue weighted by Crippen LogP contribution is -2.27. The molecular weight excluding hydrogens is 280 g/mol. The third-order valence-electron chi connectivity index (χ3n) is 3.01. The predicted molar refractivity (Wildman–Crippen MR) is 85.0 cm³/mol. The Kier molecular flexibility index (Phi) is 5.14. The Bertz CT molecular complexity index is 637. The van der Waals surface area contributed by atoms with Crippen molar-refractivity contribution in [2.75, 3.05) is 26.0 Å². The number of carbonyl (C=O) groups excluding carboxylic acids is 2. The maximum atomic E-state index is 12.0. The van der Waals surface area contributed by atoms with Crippen LogP contribution in [0.4, 0.5) is 5.69 Å². The minimum atomic E-state index is -0.169. The highest BCUT2D eigenvalue weighted by atomic mass is 16.5. The molecule has 114 valence electrons. The number of likely N-dealkylation sites (N-methyl/N-ethyl adjacent to an activating group) is 1. The molecule has 0 aliphatic rings. The van der Waals surface area contributed by atoms with E-state index in [4.69, 9.17) is 4.74 Å². The first kappa shape index (κ1) is 15.6. The van der Waals surface area contributed by atoms with Crippen LogP contribution in [0.25, 0.3) is 0 Å². The molecule has 2 amide bonds. The van der Waals surface area contributed by atoms with Gasteiger partial charge in [0.1, 0.15) is 5.75 Å². The zero-order chi connectivity index (χ0) is 15.9. The van der Waals surface area contributed by atoms with Crippen LogP contribution in [0.5, 0.6) is 5.75 Å². The zero-order valence-electron chi connectivity index (χ0n) is 12.6. The van der Waals surface area contributed by atoms with Crippen molar-refractivity contribution >= 4 is 17.5 Å². The average molecular weight is 298 g/mol. The summed E-state index contributed by atoms with van der Waals surface area (Å²) in [5.41, 5.74) is 1.26. The number of hydrogen-bond donors (Lipinski definition) is 1. The van der Waals surface area contributed by atoms with Gasteiger partial charge in [-0.1, -0.05) is 18.2 Å². The Morgan fingerprint density at radius 3 is 2.23 bits per heavy atom. The fraction of sp³-hybridized carbons (Fsp3) is 0.176. The Morgan fingerprint density at radius 1 is 1.00 bits per heavy atom. The lowest BCUT2D eigenvalue weighted by atomic mass is 10.2. The highest BCUT2D eigenvalue weighted by Gasteiger charge is 2.07. The van der Waals surface area contributed by atoms with Crippen molar-refractivity contribution in [3.8, 4) is 5.75 Å². The molecule has 0 heterocycles. The van der Waals surface area contributed by atoms with E-state index in [-0.39, 0.29) is 18.4 Å².